The van der Waals surface area contributed by atoms with Gasteiger partial charge in [-0.15, -0.1) is 0 Å². The highest BCUT2D eigenvalue weighted by Crippen LogP contribution is 2.42. The van der Waals surface area contributed by atoms with Gasteiger partial charge in [0.05, 0.1) is 12.0 Å². The van der Waals surface area contributed by atoms with Gasteiger partial charge < -0.3 is 14.5 Å². The van der Waals surface area contributed by atoms with E-state index >= 15 is 0 Å². The number of rotatable bonds is 3. The Morgan fingerprint density at radius 2 is 1.93 bits per heavy atom. The van der Waals surface area contributed by atoms with E-state index in [9.17, 15) is 9.59 Å². The van der Waals surface area contributed by atoms with Gasteiger partial charge in [-0.3, -0.25) is 9.79 Å². The SMILES string of the molecule is O=C(OCc1ccccc1)N1CC[C@]2(CCN(c3ccc4c(c3)C=NC4)C2=O)C1. The number of likely N-dealkylation sites (tertiary alicyclic amines) is 1. The van der Waals surface area contributed by atoms with E-state index in [1.54, 1.807) is 4.90 Å². The van der Waals surface area contributed by atoms with Crippen LogP contribution in [0.15, 0.2) is 53.5 Å². The summed E-state index contributed by atoms with van der Waals surface area (Å²) in [5.74, 6) is 0.116. The van der Waals surface area contributed by atoms with Crippen LogP contribution in [0.2, 0.25) is 0 Å². The van der Waals surface area contributed by atoms with Crippen LogP contribution in [0.25, 0.3) is 0 Å². The van der Waals surface area contributed by atoms with Crippen LogP contribution >= 0.6 is 0 Å². The summed E-state index contributed by atoms with van der Waals surface area (Å²) in [5.41, 5.74) is 3.68. The molecule has 3 heterocycles. The lowest BCUT2D eigenvalue weighted by Crippen LogP contribution is -2.38. The number of nitrogens with zero attached hydrogens (tertiary/aromatic N) is 3. The first kappa shape index (κ1) is 17.9. The van der Waals surface area contributed by atoms with Gasteiger partial charge in [0.15, 0.2) is 0 Å². The number of carbonyl (C=O) groups excluding carboxylic acids is 2. The first-order valence-corrected chi connectivity index (χ1v) is 10.1. The molecule has 2 amide bonds. The molecule has 1 atom stereocenters. The summed E-state index contributed by atoms with van der Waals surface area (Å²) in [5, 5.41) is 0. The number of ether oxygens (including phenoxy) is 1. The fourth-order valence-corrected chi connectivity index (χ4v) is 4.54. The van der Waals surface area contributed by atoms with Crippen LogP contribution in [0.3, 0.4) is 0 Å². The zero-order chi connectivity index (χ0) is 19.8. The quantitative estimate of drug-likeness (QED) is 0.808. The minimum absolute atomic E-state index is 0.116. The highest BCUT2D eigenvalue weighted by Gasteiger charge is 2.52. The van der Waals surface area contributed by atoms with Gasteiger partial charge in [-0.25, -0.2) is 4.79 Å². The van der Waals surface area contributed by atoms with Crippen molar-refractivity contribution in [3.8, 4) is 0 Å². The second-order valence-electron chi connectivity index (χ2n) is 8.05. The predicted octanol–water partition coefficient (Wildman–Crippen LogP) is 3.38. The molecule has 1 spiro atoms. The van der Waals surface area contributed by atoms with Crippen molar-refractivity contribution in [2.75, 3.05) is 24.5 Å². The number of hydrogen-bond donors (Lipinski definition) is 0. The Morgan fingerprint density at radius 1 is 1.10 bits per heavy atom. The summed E-state index contributed by atoms with van der Waals surface area (Å²) >= 11 is 0. The van der Waals surface area contributed by atoms with Crippen molar-refractivity contribution in [3.05, 3.63) is 65.2 Å². The highest BCUT2D eigenvalue weighted by atomic mass is 16.6. The summed E-state index contributed by atoms with van der Waals surface area (Å²) in [4.78, 5) is 33.6. The maximum absolute atomic E-state index is 13.3. The third-order valence-electron chi connectivity index (χ3n) is 6.26. The molecule has 0 saturated carbocycles. The zero-order valence-electron chi connectivity index (χ0n) is 16.2. The standard InChI is InChI=1S/C23H23N3O3/c27-21-23(9-11-26(21)20-7-6-18-13-24-14-19(18)12-20)8-10-25(16-23)22(28)29-15-17-4-2-1-3-5-17/h1-7,12,14H,8-11,13,15-16H2/t23-/m0/s1. The summed E-state index contributed by atoms with van der Waals surface area (Å²) < 4.78 is 5.46. The van der Waals surface area contributed by atoms with Crippen molar-refractivity contribution in [2.24, 2.45) is 10.4 Å². The van der Waals surface area contributed by atoms with Gasteiger partial charge in [0.1, 0.15) is 6.61 Å². The van der Waals surface area contributed by atoms with Gasteiger partial charge in [-0.1, -0.05) is 36.4 Å². The van der Waals surface area contributed by atoms with Crippen molar-refractivity contribution in [1.82, 2.24) is 4.90 Å². The minimum atomic E-state index is -0.487. The molecule has 2 aromatic rings. The number of aliphatic imine (C=N–C) groups is 1. The Morgan fingerprint density at radius 3 is 2.79 bits per heavy atom. The molecule has 0 aromatic heterocycles. The summed E-state index contributed by atoms with van der Waals surface area (Å²) in [6.45, 7) is 2.64. The highest BCUT2D eigenvalue weighted by molar-refractivity contribution is 6.01. The van der Waals surface area contributed by atoms with Crippen LogP contribution < -0.4 is 4.90 Å². The number of hydrogen-bond acceptors (Lipinski definition) is 4. The second-order valence-corrected chi connectivity index (χ2v) is 8.05. The molecule has 5 rings (SSSR count). The van der Waals surface area contributed by atoms with E-state index in [0.29, 0.717) is 32.6 Å². The van der Waals surface area contributed by atoms with Crippen LogP contribution in [0.5, 0.6) is 0 Å². The lowest BCUT2D eigenvalue weighted by atomic mass is 9.85. The van der Waals surface area contributed by atoms with E-state index in [-0.39, 0.29) is 18.6 Å². The van der Waals surface area contributed by atoms with Crippen LogP contribution in [0.1, 0.15) is 29.5 Å². The van der Waals surface area contributed by atoms with Gasteiger partial charge in [0.25, 0.3) is 0 Å². The molecule has 29 heavy (non-hydrogen) atoms. The molecule has 3 aliphatic rings. The molecule has 0 aliphatic carbocycles. The van der Waals surface area contributed by atoms with Crippen molar-refractivity contribution >= 4 is 23.9 Å². The van der Waals surface area contributed by atoms with Gasteiger partial charge in [0, 0.05) is 31.5 Å². The molecule has 0 N–H and O–H groups in total. The van der Waals surface area contributed by atoms with Crippen LogP contribution in [0, 0.1) is 5.41 Å². The average Bonchev–Trinajstić information content (AvgIpc) is 3.47. The smallest absolute Gasteiger partial charge is 0.410 e. The van der Waals surface area contributed by atoms with Crippen molar-refractivity contribution in [2.45, 2.75) is 26.0 Å². The van der Waals surface area contributed by atoms with E-state index in [1.807, 2.05) is 53.6 Å². The molecule has 2 aromatic carbocycles. The number of anilines is 1. The molecular weight excluding hydrogens is 366 g/mol. The Labute approximate surface area is 169 Å². The van der Waals surface area contributed by atoms with E-state index in [2.05, 4.69) is 11.1 Å². The van der Waals surface area contributed by atoms with Gasteiger partial charge in [0.2, 0.25) is 5.91 Å². The third-order valence-corrected chi connectivity index (χ3v) is 6.26. The van der Waals surface area contributed by atoms with Gasteiger partial charge >= 0.3 is 6.09 Å². The van der Waals surface area contributed by atoms with Gasteiger partial charge in [-0.05, 0) is 41.7 Å². The second kappa shape index (κ2) is 7.03. The van der Waals surface area contributed by atoms with Crippen LogP contribution in [0.4, 0.5) is 10.5 Å². The maximum atomic E-state index is 13.3. The van der Waals surface area contributed by atoms with E-state index in [1.165, 1.54) is 5.56 Å². The number of amides is 2. The van der Waals surface area contributed by atoms with E-state index in [4.69, 9.17) is 4.74 Å². The first-order valence-electron chi connectivity index (χ1n) is 10.1. The fourth-order valence-electron chi connectivity index (χ4n) is 4.54. The Hall–Kier alpha value is -3.15. The predicted molar refractivity (Wildman–Crippen MR) is 110 cm³/mol. The number of carbonyl (C=O) groups is 2. The molecule has 0 unspecified atom stereocenters. The van der Waals surface area contributed by atoms with Crippen LogP contribution in [-0.4, -0.2) is 42.7 Å². The molecule has 2 saturated heterocycles. The first-order chi connectivity index (χ1) is 14.1. The molecule has 0 bridgehead atoms. The molecule has 3 aliphatic heterocycles. The normalized spacial score (nSPS) is 22.6. The van der Waals surface area contributed by atoms with Crippen molar-refractivity contribution in [1.29, 1.82) is 0 Å². The Kier molecular flexibility index (Phi) is 4.34. The molecule has 6 heteroatoms. The zero-order valence-corrected chi connectivity index (χ0v) is 16.2. The van der Waals surface area contributed by atoms with Crippen LogP contribution in [-0.2, 0) is 22.7 Å². The fraction of sp³-hybridized carbons (Fsp3) is 0.348. The third kappa shape index (κ3) is 3.18. The van der Waals surface area contributed by atoms with E-state index < -0.39 is 5.41 Å². The molecule has 0 radical (unpaired) electrons. The molecule has 6 nitrogen and oxygen atoms in total. The summed E-state index contributed by atoms with van der Waals surface area (Å²) in [6.07, 6.45) is 2.98. The topological polar surface area (TPSA) is 62.2 Å². The number of benzene rings is 2. The summed E-state index contributed by atoms with van der Waals surface area (Å²) in [7, 11) is 0. The number of fused-ring (bicyclic) bond motifs is 1. The van der Waals surface area contributed by atoms with Crippen molar-refractivity contribution in [3.63, 3.8) is 0 Å². The summed E-state index contributed by atoms with van der Waals surface area (Å²) in [6, 6.07) is 15.7. The Bertz CT molecular complexity index is 988. The van der Waals surface area contributed by atoms with E-state index in [0.717, 1.165) is 23.2 Å². The minimum Gasteiger partial charge on any atom is -0.445 e. The largest absolute Gasteiger partial charge is 0.445 e. The van der Waals surface area contributed by atoms with Crippen molar-refractivity contribution < 1.29 is 14.3 Å². The monoisotopic (exact) mass is 389 g/mol. The maximum Gasteiger partial charge on any atom is 0.410 e. The van der Waals surface area contributed by atoms with Gasteiger partial charge in [-0.2, -0.15) is 0 Å². The molecule has 148 valence electrons. The average molecular weight is 389 g/mol. The lowest BCUT2D eigenvalue weighted by molar-refractivity contribution is -0.124. The lowest BCUT2D eigenvalue weighted by Gasteiger charge is -2.24. The molecule has 2 fully saturated rings. The Balaban J connectivity index is 1.25. The molecular formula is C23H23N3O3.